The average Bonchev–Trinajstić information content (AvgIpc) is 2.51. The van der Waals surface area contributed by atoms with Gasteiger partial charge in [-0.25, -0.2) is 17.6 Å². The number of rotatable bonds is 5. The van der Waals surface area contributed by atoms with Crippen LogP contribution in [0.4, 0.5) is 17.6 Å². The number of aliphatic hydroxyl groups excluding tert-OH is 1. The molecule has 0 amide bonds. The molecule has 2 aromatic rings. The summed E-state index contributed by atoms with van der Waals surface area (Å²) in [6, 6.07) is 8.88. The van der Waals surface area contributed by atoms with Crippen LogP contribution in [0.2, 0.25) is 0 Å². The highest BCUT2D eigenvalue weighted by Gasteiger charge is 2.24. The maximum absolute atomic E-state index is 13.9. The van der Waals surface area contributed by atoms with Crippen molar-refractivity contribution in [3.63, 3.8) is 0 Å². The van der Waals surface area contributed by atoms with Crippen molar-refractivity contribution < 1.29 is 22.7 Å². The Morgan fingerprint density at radius 3 is 1.62 bits per heavy atom. The van der Waals surface area contributed by atoms with Gasteiger partial charge in [-0.2, -0.15) is 0 Å². The van der Waals surface area contributed by atoms with Crippen LogP contribution in [0.15, 0.2) is 30.3 Å². The first-order valence-electron chi connectivity index (χ1n) is 6.54. The summed E-state index contributed by atoms with van der Waals surface area (Å²) in [4.78, 5) is 0. The Morgan fingerprint density at radius 2 is 1.14 bits per heavy atom. The van der Waals surface area contributed by atoms with Crippen LogP contribution in [0.1, 0.15) is 16.7 Å². The molecule has 0 spiro atoms. The van der Waals surface area contributed by atoms with Crippen LogP contribution < -0.4 is 0 Å². The third-order valence-electron chi connectivity index (χ3n) is 3.31. The zero-order chi connectivity index (χ0) is 15.4. The molecule has 0 saturated heterocycles. The molecule has 21 heavy (non-hydrogen) atoms. The van der Waals surface area contributed by atoms with Gasteiger partial charge in [0.2, 0.25) is 0 Å². The van der Waals surface area contributed by atoms with Crippen molar-refractivity contribution in [1.29, 1.82) is 0 Å². The van der Waals surface area contributed by atoms with Gasteiger partial charge in [0.05, 0.1) is 0 Å². The molecule has 0 aliphatic heterocycles. The van der Waals surface area contributed by atoms with Gasteiger partial charge in [0, 0.05) is 24.2 Å². The Balaban J connectivity index is 2.32. The molecule has 1 nitrogen and oxygen atoms in total. The molecule has 2 aromatic carbocycles. The van der Waals surface area contributed by atoms with Gasteiger partial charge in [-0.15, -0.1) is 0 Å². The van der Waals surface area contributed by atoms with Crippen LogP contribution in [-0.4, -0.2) is 11.7 Å². The first-order chi connectivity index (χ1) is 10.1. The molecule has 0 heterocycles. The molecular formula is C16H14F4O. The van der Waals surface area contributed by atoms with E-state index in [1.165, 1.54) is 0 Å². The SMILES string of the molecule is OCCc1c(F)c(F)c(CCc2ccccc2)c(F)c1F. The lowest BCUT2D eigenvalue weighted by Gasteiger charge is -2.11. The van der Waals surface area contributed by atoms with E-state index >= 15 is 0 Å². The molecule has 0 atom stereocenters. The van der Waals surface area contributed by atoms with E-state index in [2.05, 4.69) is 0 Å². The predicted octanol–water partition coefficient (Wildman–Crippen LogP) is 3.56. The van der Waals surface area contributed by atoms with Crippen molar-refractivity contribution >= 4 is 0 Å². The molecule has 0 aliphatic rings. The van der Waals surface area contributed by atoms with Crippen molar-refractivity contribution in [2.45, 2.75) is 19.3 Å². The number of halogens is 4. The van der Waals surface area contributed by atoms with Gasteiger partial charge in [-0.3, -0.25) is 0 Å². The highest BCUT2D eigenvalue weighted by Crippen LogP contribution is 2.25. The molecule has 0 unspecified atom stereocenters. The molecule has 0 saturated carbocycles. The molecule has 2 rings (SSSR count). The lowest BCUT2D eigenvalue weighted by atomic mass is 10.00. The minimum Gasteiger partial charge on any atom is -0.396 e. The van der Waals surface area contributed by atoms with Gasteiger partial charge in [0.1, 0.15) is 0 Å². The Kier molecular flexibility index (Phi) is 4.96. The zero-order valence-corrected chi connectivity index (χ0v) is 11.2. The summed E-state index contributed by atoms with van der Waals surface area (Å²) in [6.45, 7) is -0.587. The summed E-state index contributed by atoms with van der Waals surface area (Å²) in [6.07, 6.45) is -0.341. The van der Waals surface area contributed by atoms with Crippen molar-refractivity contribution in [1.82, 2.24) is 0 Å². The van der Waals surface area contributed by atoms with Gasteiger partial charge in [-0.05, 0) is 18.4 Å². The van der Waals surface area contributed by atoms with Gasteiger partial charge >= 0.3 is 0 Å². The van der Waals surface area contributed by atoms with Crippen LogP contribution >= 0.6 is 0 Å². The van der Waals surface area contributed by atoms with Gasteiger partial charge < -0.3 is 5.11 Å². The number of hydrogen-bond donors (Lipinski definition) is 1. The largest absolute Gasteiger partial charge is 0.396 e. The fourth-order valence-corrected chi connectivity index (χ4v) is 2.19. The summed E-state index contributed by atoms with van der Waals surface area (Å²) in [5, 5.41) is 8.69. The second-order valence-corrected chi connectivity index (χ2v) is 4.67. The van der Waals surface area contributed by atoms with Crippen LogP contribution in [-0.2, 0) is 19.3 Å². The maximum Gasteiger partial charge on any atom is 0.165 e. The van der Waals surface area contributed by atoms with E-state index in [1.807, 2.05) is 0 Å². The summed E-state index contributed by atoms with van der Waals surface area (Å²) in [5.41, 5.74) is -0.539. The molecule has 1 N–H and O–H groups in total. The first kappa shape index (κ1) is 15.5. The molecule has 0 aromatic heterocycles. The Hall–Kier alpha value is -1.88. The van der Waals surface area contributed by atoms with Gasteiger partial charge in [0.15, 0.2) is 23.3 Å². The third kappa shape index (κ3) is 3.24. The zero-order valence-electron chi connectivity index (χ0n) is 11.2. The van der Waals surface area contributed by atoms with Crippen molar-refractivity contribution in [3.8, 4) is 0 Å². The molecule has 112 valence electrons. The van der Waals surface area contributed by atoms with E-state index in [0.29, 0.717) is 0 Å². The van der Waals surface area contributed by atoms with E-state index in [-0.39, 0.29) is 12.8 Å². The predicted molar refractivity (Wildman–Crippen MR) is 70.9 cm³/mol. The second-order valence-electron chi connectivity index (χ2n) is 4.67. The fraction of sp³-hybridized carbons (Fsp3) is 0.250. The van der Waals surface area contributed by atoms with E-state index in [4.69, 9.17) is 5.11 Å². The highest BCUT2D eigenvalue weighted by molar-refractivity contribution is 5.31. The normalized spacial score (nSPS) is 10.9. The van der Waals surface area contributed by atoms with E-state index in [9.17, 15) is 17.6 Å². The minimum atomic E-state index is -1.42. The molecular weight excluding hydrogens is 284 g/mol. The van der Waals surface area contributed by atoms with Crippen molar-refractivity contribution in [3.05, 3.63) is 70.3 Å². The monoisotopic (exact) mass is 298 g/mol. The fourth-order valence-electron chi connectivity index (χ4n) is 2.19. The Labute approximate surface area is 119 Å². The lowest BCUT2D eigenvalue weighted by molar-refractivity contribution is 0.292. The maximum atomic E-state index is 13.9. The van der Waals surface area contributed by atoms with Crippen LogP contribution in [0.5, 0.6) is 0 Å². The third-order valence-corrected chi connectivity index (χ3v) is 3.31. The van der Waals surface area contributed by atoms with E-state index in [1.54, 1.807) is 30.3 Å². The Morgan fingerprint density at radius 1 is 0.667 bits per heavy atom. The highest BCUT2D eigenvalue weighted by atomic mass is 19.2. The number of aliphatic hydroxyl groups is 1. The summed E-state index contributed by atoms with van der Waals surface area (Å²) < 4.78 is 55.2. The van der Waals surface area contributed by atoms with Crippen LogP contribution in [0, 0.1) is 23.3 Å². The number of hydrogen-bond acceptors (Lipinski definition) is 1. The molecule has 0 aliphatic carbocycles. The van der Waals surface area contributed by atoms with Crippen LogP contribution in [0.3, 0.4) is 0 Å². The van der Waals surface area contributed by atoms with Crippen molar-refractivity contribution in [2.24, 2.45) is 0 Å². The molecule has 0 fully saturated rings. The number of aryl methyl sites for hydroxylation is 1. The first-order valence-corrected chi connectivity index (χ1v) is 6.54. The van der Waals surface area contributed by atoms with E-state index in [0.717, 1.165) is 5.56 Å². The van der Waals surface area contributed by atoms with Gasteiger partial charge in [0.25, 0.3) is 0 Å². The summed E-state index contributed by atoms with van der Waals surface area (Å²) >= 11 is 0. The molecule has 5 heteroatoms. The van der Waals surface area contributed by atoms with Gasteiger partial charge in [-0.1, -0.05) is 30.3 Å². The second kappa shape index (κ2) is 6.72. The van der Waals surface area contributed by atoms with E-state index < -0.39 is 47.4 Å². The smallest absolute Gasteiger partial charge is 0.165 e. The molecule has 0 radical (unpaired) electrons. The standard InChI is InChI=1S/C16H14F4O/c17-13-11(7-6-10-4-2-1-3-5-10)14(18)16(20)12(8-9-21)15(13)19/h1-5,21H,6-9H2. The average molecular weight is 298 g/mol. The van der Waals surface area contributed by atoms with Crippen LogP contribution in [0.25, 0.3) is 0 Å². The lowest BCUT2D eigenvalue weighted by Crippen LogP contribution is -2.11. The minimum absolute atomic E-state index is 0.144. The topological polar surface area (TPSA) is 20.2 Å². The quantitative estimate of drug-likeness (QED) is 0.661. The number of benzene rings is 2. The van der Waals surface area contributed by atoms with Crippen molar-refractivity contribution in [2.75, 3.05) is 6.61 Å². The Bertz CT molecular complexity index is 597. The summed E-state index contributed by atoms with van der Waals surface area (Å²) in [7, 11) is 0. The summed E-state index contributed by atoms with van der Waals surface area (Å²) in [5.74, 6) is -5.61. The molecule has 0 bridgehead atoms.